The van der Waals surface area contributed by atoms with Crippen LogP contribution in [0.1, 0.15) is 18.1 Å². The summed E-state index contributed by atoms with van der Waals surface area (Å²) in [5.41, 5.74) is 0.540. The van der Waals surface area contributed by atoms with Crippen LogP contribution in [0.25, 0.3) is 0 Å². The van der Waals surface area contributed by atoms with Gasteiger partial charge in [-0.3, -0.25) is 4.79 Å². The fourth-order valence-corrected chi connectivity index (χ4v) is 1.80. The van der Waals surface area contributed by atoms with Crippen LogP contribution in [0.5, 0.6) is 5.75 Å². The molecule has 0 radical (unpaired) electrons. The number of benzene rings is 1. The molecule has 5 heteroatoms. The number of hydrogen-bond acceptors (Lipinski definition) is 3. The number of carboxylic acid groups (broad SMARTS) is 1. The standard InChI is InChI=1S/C10H11BrO4/c1-15-6-2-3-7(8(11)4-6)9(12)5-10(13)14/h2-4,9,12H,5H2,1H3,(H,13,14)/t9-/m0/s1. The van der Waals surface area contributed by atoms with Crippen molar-refractivity contribution >= 4 is 21.9 Å². The van der Waals surface area contributed by atoms with Crippen LogP contribution >= 0.6 is 15.9 Å². The van der Waals surface area contributed by atoms with Gasteiger partial charge in [-0.25, -0.2) is 0 Å². The smallest absolute Gasteiger partial charge is 0.306 e. The molecule has 0 fully saturated rings. The molecule has 1 rings (SSSR count). The summed E-state index contributed by atoms with van der Waals surface area (Å²) in [5.74, 6) is -0.390. The number of carbonyl (C=O) groups is 1. The third-order valence-electron chi connectivity index (χ3n) is 1.93. The van der Waals surface area contributed by atoms with Gasteiger partial charge in [0.15, 0.2) is 0 Å². The summed E-state index contributed by atoms with van der Waals surface area (Å²) in [6, 6.07) is 4.99. The van der Waals surface area contributed by atoms with Crippen LogP contribution in [0.2, 0.25) is 0 Å². The van der Waals surface area contributed by atoms with Gasteiger partial charge in [-0.15, -0.1) is 0 Å². The SMILES string of the molecule is COc1ccc([C@@H](O)CC(=O)O)c(Br)c1. The maximum atomic E-state index is 10.4. The van der Waals surface area contributed by atoms with Gasteiger partial charge in [-0.2, -0.15) is 0 Å². The maximum absolute atomic E-state index is 10.4. The lowest BCUT2D eigenvalue weighted by atomic mass is 10.1. The first-order valence-corrected chi connectivity index (χ1v) is 5.07. The molecule has 0 aromatic heterocycles. The first kappa shape index (κ1) is 12.0. The molecule has 15 heavy (non-hydrogen) atoms. The lowest BCUT2D eigenvalue weighted by molar-refractivity contribution is -0.139. The zero-order valence-corrected chi connectivity index (χ0v) is 9.69. The van der Waals surface area contributed by atoms with E-state index in [-0.39, 0.29) is 6.42 Å². The van der Waals surface area contributed by atoms with Crippen molar-refractivity contribution in [3.05, 3.63) is 28.2 Å². The van der Waals surface area contributed by atoms with E-state index in [9.17, 15) is 9.90 Å². The second kappa shape index (κ2) is 5.14. The van der Waals surface area contributed by atoms with Gasteiger partial charge in [-0.05, 0) is 17.7 Å². The van der Waals surface area contributed by atoms with Gasteiger partial charge < -0.3 is 14.9 Å². The first-order valence-electron chi connectivity index (χ1n) is 4.28. The summed E-state index contributed by atoms with van der Waals surface area (Å²) in [6.07, 6.45) is -1.33. The molecule has 0 saturated heterocycles. The number of methoxy groups -OCH3 is 1. The summed E-state index contributed by atoms with van der Waals surface area (Å²) in [4.78, 5) is 10.4. The highest BCUT2D eigenvalue weighted by molar-refractivity contribution is 9.10. The molecular formula is C10H11BrO4. The van der Waals surface area contributed by atoms with Gasteiger partial charge in [-0.1, -0.05) is 22.0 Å². The number of ether oxygens (including phenoxy) is 1. The minimum absolute atomic E-state index is 0.315. The van der Waals surface area contributed by atoms with E-state index >= 15 is 0 Å². The van der Waals surface area contributed by atoms with Crippen LogP contribution in [-0.2, 0) is 4.79 Å². The Morgan fingerprint density at radius 2 is 2.27 bits per heavy atom. The second-order valence-corrected chi connectivity index (χ2v) is 3.86. The van der Waals surface area contributed by atoms with E-state index in [1.54, 1.807) is 18.2 Å². The Hall–Kier alpha value is -1.07. The largest absolute Gasteiger partial charge is 0.497 e. The predicted octanol–water partition coefficient (Wildman–Crippen LogP) is 1.97. The summed E-state index contributed by atoms with van der Waals surface area (Å²) in [7, 11) is 1.54. The van der Waals surface area contributed by atoms with Crippen molar-refractivity contribution in [2.24, 2.45) is 0 Å². The van der Waals surface area contributed by atoms with Gasteiger partial charge in [0.2, 0.25) is 0 Å². The summed E-state index contributed by atoms with van der Waals surface area (Å²) >= 11 is 3.25. The molecule has 1 aromatic rings. The normalized spacial score (nSPS) is 12.2. The van der Waals surface area contributed by atoms with Crippen LogP contribution in [0, 0.1) is 0 Å². The molecule has 0 aliphatic rings. The Kier molecular flexibility index (Phi) is 4.11. The van der Waals surface area contributed by atoms with Crippen molar-refractivity contribution in [1.82, 2.24) is 0 Å². The number of halogens is 1. The first-order chi connectivity index (χ1) is 7.04. The Morgan fingerprint density at radius 1 is 1.60 bits per heavy atom. The molecule has 1 atom stereocenters. The molecule has 82 valence electrons. The van der Waals surface area contributed by atoms with E-state index in [0.717, 1.165) is 0 Å². The number of carboxylic acids is 1. The summed E-state index contributed by atoms with van der Waals surface area (Å²) in [5, 5.41) is 18.1. The van der Waals surface area contributed by atoms with Crippen LogP contribution in [0.3, 0.4) is 0 Å². The van der Waals surface area contributed by atoms with Crippen molar-refractivity contribution in [3.63, 3.8) is 0 Å². The summed E-state index contributed by atoms with van der Waals surface area (Å²) < 4.78 is 5.62. The highest BCUT2D eigenvalue weighted by Gasteiger charge is 2.15. The molecule has 0 heterocycles. The quantitative estimate of drug-likeness (QED) is 0.881. The monoisotopic (exact) mass is 274 g/mol. The third kappa shape index (κ3) is 3.21. The number of rotatable bonds is 4. The average molecular weight is 275 g/mol. The average Bonchev–Trinajstić information content (AvgIpc) is 2.16. The van der Waals surface area contributed by atoms with Crippen LogP contribution in [0.15, 0.2) is 22.7 Å². The van der Waals surface area contributed by atoms with E-state index in [4.69, 9.17) is 9.84 Å². The molecule has 1 aromatic carbocycles. The highest BCUT2D eigenvalue weighted by atomic mass is 79.9. The minimum Gasteiger partial charge on any atom is -0.497 e. The van der Waals surface area contributed by atoms with Gasteiger partial charge in [0.1, 0.15) is 5.75 Å². The second-order valence-electron chi connectivity index (χ2n) is 3.00. The van der Waals surface area contributed by atoms with Crippen molar-refractivity contribution in [2.45, 2.75) is 12.5 Å². The molecule has 0 saturated carbocycles. The van der Waals surface area contributed by atoms with Crippen molar-refractivity contribution in [1.29, 1.82) is 0 Å². The fourth-order valence-electron chi connectivity index (χ4n) is 1.18. The molecule has 4 nitrogen and oxygen atoms in total. The molecule has 0 aliphatic heterocycles. The lowest BCUT2D eigenvalue weighted by Crippen LogP contribution is -2.06. The van der Waals surface area contributed by atoms with Crippen molar-refractivity contribution in [2.75, 3.05) is 7.11 Å². The topological polar surface area (TPSA) is 66.8 Å². The van der Waals surface area contributed by atoms with Gasteiger partial charge >= 0.3 is 5.97 Å². The Labute approximate surface area is 95.6 Å². The van der Waals surface area contributed by atoms with Crippen LogP contribution in [0.4, 0.5) is 0 Å². The minimum atomic E-state index is -1.04. The molecular weight excluding hydrogens is 264 g/mol. The van der Waals surface area contributed by atoms with E-state index in [1.807, 2.05) is 0 Å². The zero-order chi connectivity index (χ0) is 11.4. The van der Waals surface area contributed by atoms with E-state index in [2.05, 4.69) is 15.9 Å². The van der Waals surface area contributed by atoms with E-state index in [0.29, 0.717) is 15.8 Å². The zero-order valence-electron chi connectivity index (χ0n) is 8.11. The highest BCUT2D eigenvalue weighted by Crippen LogP contribution is 2.29. The Morgan fingerprint density at radius 3 is 2.73 bits per heavy atom. The van der Waals surface area contributed by atoms with Gasteiger partial charge in [0.25, 0.3) is 0 Å². The number of aliphatic carboxylic acids is 1. The number of hydrogen-bond donors (Lipinski definition) is 2. The van der Waals surface area contributed by atoms with Crippen LogP contribution < -0.4 is 4.74 Å². The van der Waals surface area contributed by atoms with E-state index in [1.165, 1.54) is 7.11 Å². The molecule has 0 unspecified atom stereocenters. The number of aliphatic hydroxyl groups excluding tert-OH is 1. The predicted molar refractivity (Wildman–Crippen MR) is 57.9 cm³/mol. The molecule has 0 amide bonds. The Bertz CT molecular complexity index is 364. The van der Waals surface area contributed by atoms with Crippen molar-refractivity contribution < 1.29 is 19.7 Å². The maximum Gasteiger partial charge on any atom is 0.306 e. The molecule has 0 bridgehead atoms. The fraction of sp³-hybridized carbons (Fsp3) is 0.300. The Balaban J connectivity index is 2.90. The van der Waals surface area contributed by atoms with Crippen molar-refractivity contribution in [3.8, 4) is 5.75 Å². The third-order valence-corrected chi connectivity index (χ3v) is 2.62. The van der Waals surface area contributed by atoms with Crippen LogP contribution in [-0.4, -0.2) is 23.3 Å². The van der Waals surface area contributed by atoms with E-state index < -0.39 is 12.1 Å². The number of aliphatic hydroxyl groups is 1. The summed E-state index contributed by atoms with van der Waals surface area (Å²) in [6.45, 7) is 0. The molecule has 0 spiro atoms. The molecule has 2 N–H and O–H groups in total. The molecule has 0 aliphatic carbocycles. The van der Waals surface area contributed by atoms with Gasteiger partial charge in [0, 0.05) is 4.47 Å². The van der Waals surface area contributed by atoms with Gasteiger partial charge in [0.05, 0.1) is 19.6 Å². The lowest BCUT2D eigenvalue weighted by Gasteiger charge is -2.11.